The first kappa shape index (κ1) is 18.9. The maximum atomic E-state index is 11.6. The lowest BCUT2D eigenvalue weighted by atomic mass is 10.0. The minimum Gasteiger partial charge on any atom is -0.480 e. The summed E-state index contributed by atoms with van der Waals surface area (Å²) >= 11 is 12.4. The first-order valence-corrected chi connectivity index (χ1v) is 8.94. The van der Waals surface area contributed by atoms with E-state index in [1.54, 1.807) is 16.7 Å². The van der Waals surface area contributed by atoms with Gasteiger partial charge in [0, 0.05) is 6.20 Å². The predicted molar refractivity (Wildman–Crippen MR) is 98.3 cm³/mol. The summed E-state index contributed by atoms with van der Waals surface area (Å²) in [5.41, 5.74) is 1.40. The van der Waals surface area contributed by atoms with Crippen LogP contribution in [0.25, 0.3) is 5.65 Å². The number of imidazole rings is 1. The van der Waals surface area contributed by atoms with Crippen LogP contribution in [0.15, 0.2) is 12.3 Å². The van der Waals surface area contributed by atoms with Gasteiger partial charge in [0.2, 0.25) is 0 Å². The lowest BCUT2D eigenvalue weighted by Crippen LogP contribution is -2.31. The van der Waals surface area contributed by atoms with Gasteiger partial charge in [0.15, 0.2) is 5.65 Å². The highest BCUT2D eigenvalue weighted by Crippen LogP contribution is 2.29. The largest absolute Gasteiger partial charge is 0.480 e. The first-order valence-electron chi connectivity index (χ1n) is 8.18. The number of aryl methyl sites for hydroxylation is 1. The maximum Gasteiger partial charge on any atom is 0.326 e. The molecule has 0 fully saturated rings. The van der Waals surface area contributed by atoms with Crippen LogP contribution in [-0.2, 0) is 11.2 Å². The van der Waals surface area contributed by atoms with Crippen LogP contribution in [0, 0.1) is 5.92 Å². The van der Waals surface area contributed by atoms with Gasteiger partial charge >= 0.3 is 5.97 Å². The van der Waals surface area contributed by atoms with E-state index in [0.29, 0.717) is 27.9 Å². The monoisotopic (exact) mass is 371 g/mol. The number of hydrogen-bond acceptors (Lipinski definition) is 3. The molecular weight excluding hydrogens is 349 g/mol. The average Bonchev–Trinajstić information content (AvgIpc) is 2.82. The van der Waals surface area contributed by atoms with Gasteiger partial charge < -0.3 is 10.4 Å². The molecule has 2 aromatic heterocycles. The normalized spacial score (nSPS) is 12.8. The molecule has 1 atom stereocenters. The van der Waals surface area contributed by atoms with E-state index in [2.05, 4.69) is 17.2 Å². The van der Waals surface area contributed by atoms with Gasteiger partial charge in [-0.15, -0.1) is 0 Å². The number of carboxylic acids is 1. The molecule has 2 heterocycles. The Hall–Kier alpha value is -1.46. The van der Waals surface area contributed by atoms with E-state index in [1.807, 2.05) is 13.8 Å². The van der Waals surface area contributed by atoms with E-state index in [9.17, 15) is 9.90 Å². The summed E-state index contributed by atoms with van der Waals surface area (Å²) in [5, 5.41) is 13.6. The van der Waals surface area contributed by atoms with Gasteiger partial charge in [-0.3, -0.25) is 4.40 Å². The van der Waals surface area contributed by atoms with Crippen molar-refractivity contribution in [3.63, 3.8) is 0 Å². The summed E-state index contributed by atoms with van der Waals surface area (Å²) in [7, 11) is 0. The van der Waals surface area contributed by atoms with Crippen molar-refractivity contribution in [3.05, 3.63) is 28.0 Å². The summed E-state index contributed by atoms with van der Waals surface area (Å²) in [4.78, 5) is 16.2. The van der Waals surface area contributed by atoms with Crippen molar-refractivity contribution < 1.29 is 9.90 Å². The van der Waals surface area contributed by atoms with E-state index >= 15 is 0 Å². The van der Waals surface area contributed by atoms with Crippen molar-refractivity contribution in [2.24, 2.45) is 5.92 Å². The molecule has 2 aromatic rings. The van der Waals surface area contributed by atoms with E-state index in [1.165, 1.54) is 0 Å². The number of anilines is 1. The Morgan fingerprint density at radius 2 is 2.12 bits per heavy atom. The molecule has 0 aromatic carbocycles. The number of aromatic nitrogens is 2. The Morgan fingerprint density at radius 3 is 2.71 bits per heavy atom. The van der Waals surface area contributed by atoms with E-state index in [0.717, 1.165) is 25.0 Å². The fourth-order valence-corrected chi connectivity index (χ4v) is 3.16. The van der Waals surface area contributed by atoms with Crippen molar-refractivity contribution in [1.29, 1.82) is 0 Å². The van der Waals surface area contributed by atoms with Crippen molar-refractivity contribution in [2.45, 2.75) is 52.5 Å². The molecule has 24 heavy (non-hydrogen) atoms. The third-order valence-electron chi connectivity index (χ3n) is 3.80. The number of nitrogens with zero attached hydrogens (tertiary/aromatic N) is 2. The average molecular weight is 372 g/mol. The summed E-state index contributed by atoms with van der Waals surface area (Å²) in [6.07, 6.45) is 4.97. The van der Waals surface area contributed by atoms with Crippen molar-refractivity contribution in [3.8, 4) is 0 Å². The quantitative estimate of drug-likeness (QED) is 0.692. The van der Waals surface area contributed by atoms with Crippen LogP contribution in [0.2, 0.25) is 10.0 Å². The van der Waals surface area contributed by atoms with E-state index in [4.69, 9.17) is 23.2 Å². The molecule has 0 saturated heterocycles. The predicted octanol–water partition coefficient (Wildman–Crippen LogP) is 4.89. The van der Waals surface area contributed by atoms with E-state index < -0.39 is 12.0 Å². The highest BCUT2D eigenvalue weighted by atomic mass is 35.5. The summed E-state index contributed by atoms with van der Waals surface area (Å²) in [5.74, 6) is 0.0353. The number of hydrogen-bond donors (Lipinski definition) is 2. The molecule has 2 rings (SSSR count). The zero-order chi connectivity index (χ0) is 17.9. The zero-order valence-electron chi connectivity index (χ0n) is 14.1. The molecular formula is C17H23Cl2N3O2. The number of nitrogens with one attached hydrogen (secondary N) is 1. The molecule has 2 N–H and O–H groups in total. The summed E-state index contributed by atoms with van der Waals surface area (Å²) < 4.78 is 1.76. The van der Waals surface area contributed by atoms with Gasteiger partial charge in [0.05, 0.1) is 15.7 Å². The zero-order valence-corrected chi connectivity index (χ0v) is 15.7. The number of rotatable bonds is 8. The molecule has 7 heteroatoms. The Bertz CT molecular complexity index is 728. The van der Waals surface area contributed by atoms with Crippen LogP contribution in [0.3, 0.4) is 0 Å². The SMILES string of the molecule is CCCCc1nc2c(Cl)cc(Cl)cn2c1NC(CC(C)C)C(=O)O. The number of pyridine rings is 1. The second kappa shape index (κ2) is 8.08. The molecule has 0 bridgehead atoms. The molecule has 132 valence electrons. The Morgan fingerprint density at radius 1 is 1.42 bits per heavy atom. The second-order valence-corrected chi connectivity index (χ2v) is 7.22. The number of halogens is 2. The van der Waals surface area contributed by atoms with Gasteiger partial charge in [-0.05, 0) is 31.2 Å². The number of aliphatic carboxylic acids is 1. The van der Waals surface area contributed by atoms with Gasteiger partial charge in [0.1, 0.15) is 11.9 Å². The molecule has 0 aliphatic heterocycles. The third-order valence-corrected chi connectivity index (χ3v) is 4.28. The highest BCUT2D eigenvalue weighted by Gasteiger charge is 2.23. The van der Waals surface area contributed by atoms with Crippen LogP contribution < -0.4 is 5.32 Å². The first-order chi connectivity index (χ1) is 11.3. The molecule has 5 nitrogen and oxygen atoms in total. The lowest BCUT2D eigenvalue weighted by molar-refractivity contribution is -0.138. The summed E-state index contributed by atoms with van der Waals surface area (Å²) in [6.45, 7) is 6.10. The Labute approximate surface area is 152 Å². The standard InChI is InChI=1S/C17H23Cl2N3O2/c1-4-5-6-13-16(21-14(17(23)24)7-10(2)3)22-9-11(18)8-12(19)15(22)20-13/h8-10,14,21H,4-7H2,1-3H3,(H,23,24). The smallest absolute Gasteiger partial charge is 0.326 e. The minimum atomic E-state index is -0.881. The van der Waals surface area contributed by atoms with Gasteiger partial charge in [-0.1, -0.05) is 50.4 Å². The number of fused-ring (bicyclic) bond motifs is 1. The molecule has 0 saturated carbocycles. The lowest BCUT2D eigenvalue weighted by Gasteiger charge is -2.18. The number of carbonyl (C=O) groups is 1. The minimum absolute atomic E-state index is 0.254. The van der Waals surface area contributed by atoms with Crippen LogP contribution in [0.1, 0.15) is 45.7 Å². The fourth-order valence-electron chi connectivity index (χ4n) is 2.65. The van der Waals surface area contributed by atoms with Gasteiger partial charge in [-0.2, -0.15) is 0 Å². The Balaban J connectivity index is 2.49. The fraction of sp³-hybridized carbons (Fsp3) is 0.529. The van der Waals surface area contributed by atoms with Crippen LogP contribution >= 0.6 is 23.2 Å². The molecule has 0 amide bonds. The molecule has 0 radical (unpaired) electrons. The van der Waals surface area contributed by atoms with Gasteiger partial charge in [-0.25, -0.2) is 9.78 Å². The number of carboxylic acid groups (broad SMARTS) is 1. The molecule has 0 spiro atoms. The van der Waals surface area contributed by atoms with Crippen molar-refractivity contribution in [1.82, 2.24) is 9.38 Å². The van der Waals surface area contributed by atoms with Crippen LogP contribution in [-0.4, -0.2) is 26.5 Å². The molecule has 0 aliphatic carbocycles. The Kier molecular flexibility index (Phi) is 6.35. The molecule has 1 unspecified atom stereocenters. The van der Waals surface area contributed by atoms with Crippen LogP contribution in [0.5, 0.6) is 0 Å². The second-order valence-electron chi connectivity index (χ2n) is 6.38. The van der Waals surface area contributed by atoms with Crippen LogP contribution in [0.4, 0.5) is 5.82 Å². The van der Waals surface area contributed by atoms with Crippen molar-refractivity contribution >= 4 is 40.6 Å². The topological polar surface area (TPSA) is 66.6 Å². The van der Waals surface area contributed by atoms with E-state index in [-0.39, 0.29) is 5.92 Å². The highest BCUT2D eigenvalue weighted by molar-refractivity contribution is 6.36. The third kappa shape index (κ3) is 4.33. The van der Waals surface area contributed by atoms with Crippen molar-refractivity contribution in [2.75, 3.05) is 5.32 Å². The number of unbranched alkanes of at least 4 members (excludes halogenated alkanes) is 1. The molecule has 0 aliphatic rings. The maximum absolute atomic E-state index is 11.6. The van der Waals surface area contributed by atoms with Gasteiger partial charge in [0.25, 0.3) is 0 Å². The summed E-state index contributed by atoms with van der Waals surface area (Å²) in [6, 6.07) is 0.949.